The molecule has 74 valence electrons. The maximum atomic E-state index is 11.3. The molecule has 0 bridgehead atoms. The van der Waals surface area contributed by atoms with Gasteiger partial charge in [-0.05, 0) is 26.3 Å². The van der Waals surface area contributed by atoms with Gasteiger partial charge in [0.25, 0.3) is 0 Å². The molecule has 1 aromatic carbocycles. The molecule has 0 amide bonds. The van der Waals surface area contributed by atoms with Crippen LogP contribution in [-0.2, 0) is 9.53 Å². The van der Waals surface area contributed by atoms with Gasteiger partial charge in [-0.15, -0.1) is 0 Å². The molecule has 0 radical (unpaired) electrons. The van der Waals surface area contributed by atoms with Gasteiger partial charge >= 0.3 is 0 Å². The summed E-state index contributed by atoms with van der Waals surface area (Å²) in [5.74, 6) is 0.100. The molecule has 0 saturated carbocycles. The van der Waals surface area contributed by atoms with Crippen LogP contribution in [0.5, 0.6) is 0 Å². The van der Waals surface area contributed by atoms with Crippen molar-refractivity contribution in [3.63, 3.8) is 0 Å². The predicted molar refractivity (Wildman–Crippen MR) is 54.1 cm³/mol. The summed E-state index contributed by atoms with van der Waals surface area (Å²) in [6.45, 7) is 5.47. The Labute approximate surface area is 83.9 Å². The fourth-order valence-corrected chi connectivity index (χ4v) is 1.61. The summed E-state index contributed by atoms with van der Waals surface area (Å²) in [5.41, 5.74) is 1.74. The van der Waals surface area contributed by atoms with Gasteiger partial charge in [0.1, 0.15) is 6.10 Å². The Bertz CT molecular complexity index is 366. The number of carbonyl (C=O) groups excluding carboxylic acids is 1. The lowest BCUT2D eigenvalue weighted by Gasteiger charge is -2.00. The SMILES string of the molecule is CC(=O)[C@]1(C)O[C@H]1c1ccc(C)cc1. The Kier molecular flexibility index (Phi) is 1.96. The first kappa shape index (κ1) is 9.41. The van der Waals surface area contributed by atoms with E-state index < -0.39 is 5.60 Å². The van der Waals surface area contributed by atoms with Gasteiger partial charge in [-0.1, -0.05) is 29.8 Å². The Hall–Kier alpha value is -1.15. The zero-order valence-electron chi connectivity index (χ0n) is 8.70. The average molecular weight is 190 g/mol. The van der Waals surface area contributed by atoms with Crippen molar-refractivity contribution in [1.82, 2.24) is 0 Å². The van der Waals surface area contributed by atoms with Crippen molar-refractivity contribution < 1.29 is 9.53 Å². The highest BCUT2D eigenvalue weighted by Gasteiger charge is 2.56. The highest BCUT2D eigenvalue weighted by molar-refractivity contribution is 5.88. The molecule has 1 aliphatic rings. The fourth-order valence-electron chi connectivity index (χ4n) is 1.61. The van der Waals surface area contributed by atoms with E-state index in [4.69, 9.17) is 4.74 Å². The molecule has 2 atom stereocenters. The number of aryl methyl sites for hydroxylation is 1. The standard InChI is InChI=1S/C12H14O2/c1-8-4-6-10(7-5-8)11-12(3,14-11)9(2)13/h4-7,11H,1-3H3/t11-,12-/m0/s1. The third kappa shape index (κ3) is 1.36. The maximum Gasteiger partial charge on any atom is 0.164 e. The number of ether oxygens (including phenoxy) is 1. The second kappa shape index (κ2) is 2.92. The first-order valence-electron chi connectivity index (χ1n) is 4.79. The number of carbonyl (C=O) groups is 1. The summed E-state index contributed by atoms with van der Waals surface area (Å²) >= 11 is 0. The van der Waals surface area contributed by atoms with Crippen molar-refractivity contribution in [3.8, 4) is 0 Å². The molecule has 1 saturated heterocycles. The van der Waals surface area contributed by atoms with Crippen LogP contribution in [0.4, 0.5) is 0 Å². The Balaban J connectivity index is 2.21. The van der Waals surface area contributed by atoms with E-state index in [2.05, 4.69) is 0 Å². The average Bonchev–Trinajstić information content (AvgIpc) is 2.81. The van der Waals surface area contributed by atoms with Crippen LogP contribution in [0, 0.1) is 6.92 Å². The summed E-state index contributed by atoms with van der Waals surface area (Å²) in [4.78, 5) is 11.3. The number of epoxide rings is 1. The van der Waals surface area contributed by atoms with Crippen LogP contribution in [0.2, 0.25) is 0 Å². The van der Waals surface area contributed by atoms with Gasteiger partial charge < -0.3 is 4.74 Å². The quantitative estimate of drug-likeness (QED) is 0.670. The zero-order valence-corrected chi connectivity index (χ0v) is 8.70. The van der Waals surface area contributed by atoms with E-state index in [1.54, 1.807) is 6.92 Å². The number of Topliss-reactive ketones (excluding diaryl/α,β-unsaturated/α-hetero) is 1. The molecule has 1 heterocycles. The van der Waals surface area contributed by atoms with Crippen molar-refractivity contribution in [2.75, 3.05) is 0 Å². The van der Waals surface area contributed by atoms with Crippen LogP contribution in [-0.4, -0.2) is 11.4 Å². The molecule has 0 aliphatic carbocycles. The van der Waals surface area contributed by atoms with Gasteiger partial charge in [-0.25, -0.2) is 0 Å². The van der Waals surface area contributed by atoms with Crippen LogP contribution >= 0.6 is 0 Å². The van der Waals surface area contributed by atoms with Crippen molar-refractivity contribution in [1.29, 1.82) is 0 Å². The minimum atomic E-state index is -0.574. The molecular formula is C12H14O2. The Morgan fingerprint density at radius 1 is 1.36 bits per heavy atom. The van der Waals surface area contributed by atoms with Crippen LogP contribution < -0.4 is 0 Å². The molecule has 2 nitrogen and oxygen atoms in total. The van der Waals surface area contributed by atoms with E-state index in [1.165, 1.54) is 5.56 Å². The summed E-state index contributed by atoms with van der Waals surface area (Å²) in [5, 5.41) is 0. The molecule has 0 spiro atoms. The Morgan fingerprint density at radius 3 is 2.36 bits per heavy atom. The zero-order chi connectivity index (χ0) is 10.3. The van der Waals surface area contributed by atoms with E-state index in [0.29, 0.717) is 0 Å². The van der Waals surface area contributed by atoms with Gasteiger partial charge in [0.15, 0.2) is 11.4 Å². The van der Waals surface area contributed by atoms with Gasteiger partial charge in [0, 0.05) is 0 Å². The normalized spacial score (nSPS) is 30.1. The second-order valence-corrected chi connectivity index (χ2v) is 4.07. The number of hydrogen-bond acceptors (Lipinski definition) is 2. The number of ketones is 1. The largest absolute Gasteiger partial charge is 0.353 e. The molecular weight excluding hydrogens is 176 g/mol. The van der Waals surface area contributed by atoms with Gasteiger partial charge in [0.05, 0.1) is 0 Å². The van der Waals surface area contributed by atoms with Gasteiger partial charge in [0.2, 0.25) is 0 Å². The summed E-state index contributed by atoms with van der Waals surface area (Å²) in [6.07, 6.45) is -0.0411. The lowest BCUT2D eigenvalue weighted by Crippen LogP contribution is -2.17. The lowest BCUT2D eigenvalue weighted by atomic mass is 9.97. The molecule has 1 fully saturated rings. The molecule has 2 rings (SSSR count). The number of rotatable bonds is 2. The third-order valence-corrected chi connectivity index (χ3v) is 2.88. The minimum Gasteiger partial charge on any atom is -0.353 e. The van der Waals surface area contributed by atoms with Crippen LogP contribution in [0.15, 0.2) is 24.3 Å². The molecule has 2 heteroatoms. The van der Waals surface area contributed by atoms with E-state index in [-0.39, 0.29) is 11.9 Å². The Morgan fingerprint density at radius 2 is 1.93 bits per heavy atom. The van der Waals surface area contributed by atoms with Crippen LogP contribution in [0.1, 0.15) is 31.1 Å². The van der Waals surface area contributed by atoms with E-state index >= 15 is 0 Å². The maximum absolute atomic E-state index is 11.3. The van der Waals surface area contributed by atoms with Crippen LogP contribution in [0.3, 0.4) is 0 Å². The second-order valence-electron chi connectivity index (χ2n) is 4.07. The number of hydrogen-bond donors (Lipinski definition) is 0. The fraction of sp³-hybridized carbons (Fsp3) is 0.417. The predicted octanol–water partition coefficient (Wildman–Crippen LogP) is 2.41. The van der Waals surface area contributed by atoms with E-state index in [1.807, 2.05) is 38.1 Å². The molecule has 0 N–H and O–H groups in total. The summed E-state index contributed by atoms with van der Waals surface area (Å²) in [6, 6.07) is 8.12. The lowest BCUT2D eigenvalue weighted by molar-refractivity contribution is -0.121. The molecule has 14 heavy (non-hydrogen) atoms. The molecule has 0 unspecified atom stereocenters. The van der Waals surface area contributed by atoms with Gasteiger partial charge in [-0.3, -0.25) is 4.79 Å². The van der Waals surface area contributed by atoms with E-state index in [0.717, 1.165) is 5.56 Å². The minimum absolute atomic E-state index is 0.0411. The topological polar surface area (TPSA) is 29.6 Å². The first-order valence-corrected chi connectivity index (χ1v) is 4.79. The number of benzene rings is 1. The molecule has 1 aliphatic heterocycles. The molecule has 1 aromatic rings. The van der Waals surface area contributed by atoms with Crippen LogP contribution in [0.25, 0.3) is 0 Å². The smallest absolute Gasteiger partial charge is 0.164 e. The third-order valence-electron chi connectivity index (χ3n) is 2.88. The van der Waals surface area contributed by atoms with Crippen molar-refractivity contribution in [2.24, 2.45) is 0 Å². The monoisotopic (exact) mass is 190 g/mol. The van der Waals surface area contributed by atoms with Crippen molar-refractivity contribution in [2.45, 2.75) is 32.5 Å². The van der Waals surface area contributed by atoms with Crippen molar-refractivity contribution >= 4 is 5.78 Å². The highest BCUT2D eigenvalue weighted by Crippen LogP contribution is 2.49. The first-order chi connectivity index (χ1) is 6.54. The summed E-state index contributed by atoms with van der Waals surface area (Å²) in [7, 11) is 0. The van der Waals surface area contributed by atoms with Crippen molar-refractivity contribution in [3.05, 3.63) is 35.4 Å². The highest BCUT2D eigenvalue weighted by atomic mass is 16.6. The summed E-state index contributed by atoms with van der Waals surface area (Å²) < 4.78 is 5.44. The van der Waals surface area contributed by atoms with E-state index in [9.17, 15) is 4.79 Å². The van der Waals surface area contributed by atoms with Gasteiger partial charge in [-0.2, -0.15) is 0 Å². The molecule has 0 aromatic heterocycles.